The molecule has 1 aromatic carbocycles. The minimum atomic E-state index is -4.75. The molecule has 1 amide bonds. The second kappa shape index (κ2) is 5.01. The first kappa shape index (κ1) is 13.9. The number of nitrogens with one attached hydrogen (secondary N) is 1. The summed E-state index contributed by atoms with van der Waals surface area (Å²) in [6.45, 7) is 0. The highest BCUT2D eigenvalue weighted by Crippen LogP contribution is 2.35. The Hall–Kier alpha value is -1.14. The smallest absolute Gasteiger partial charge is 0.412 e. The van der Waals surface area contributed by atoms with Crippen molar-refractivity contribution in [2.75, 3.05) is 0 Å². The molecular weight excluding hydrogens is 282 g/mol. The van der Waals surface area contributed by atoms with Gasteiger partial charge in [-0.05, 0) is 17.7 Å². The molecule has 0 saturated carbocycles. The lowest BCUT2D eigenvalue weighted by atomic mass is 10.1. The molecule has 1 aromatic rings. The lowest BCUT2D eigenvalue weighted by molar-refractivity contribution is -0.155. The molecule has 94 valence electrons. The number of rotatable bonds is 2. The summed E-state index contributed by atoms with van der Waals surface area (Å²) in [5, 5.41) is 9.75. The molecule has 0 aliphatic heterocycles. The van der Waals surface area contributed by atoms with Crippen molar-refractivity contribution in [1.82, 2.24) is 5.32 Å². The van der Waals surface area contributed by atoms with Crippen molar-refractivity contribution in [3.05, 3.63) is 33.8 Å². The predicted octanol–water partition coefficient (Wildman–Crippen LogP) is 3.86. The Kier molecular flexibility index (Phi) is 4.11. The second-order valence-electron chi connectivity index (χ2n) is 3.10. The molecule has 1 rings (SSSR count). The SMILES string of the molecule is O=C(O)NC(c1ccc(Cl)c(Cl)c1)C(F)(F)F. The summed E-state index contributed by atoms with van der Waals surface area (Å²) < 4.78 is 37.8. The summed E-state index contributed by atoms with van der Waals surface area (Å²) in [6, 6.07) is 0.858. The standard InChI is InChI=1S/C9H6Cl2F3NO2/c10-5-2-1-4(3-6(5)11)7(9(12,13)14)15-8(16)17/h1-3,7,15H,(H,16,17). The van der Waals surface area contributed by atoms with Crippen LogP contribution < -0.4 is 5.32 Å². The third-order valence-corrected chi connectivity index (χ3v) is 2.61. The van der Waals surface area contributed by atoms with E-state index >= 15 is 0 Å². The highest BCUT2D eigenvalue weighted by Gasteiger charge is 2.42. The van der Waals surface area contributed by atoms with Crippen molar-refractivity contribution < 1.29 is 23.1 Å². The van der Waals surface area contributed by atoms with Crippen molar-refractivity contribution >= 4 is 29.3 Å². The van der Waals surface area contributed by atoms with E-state index in [1.807, 2.05) is 0 Å². The second-order valence-corrected chi connectivity index (χ2v) is 3.91. The van der Waals surface area contributed by atoms with E-state index in [1.165, 1.54) is 11.4 Å². The molecule has 0 bridgehead atoms. The molecule has 0 spiro atoms. The number of amides is 1. The Bertz CT molecular complexity index is 437. The Morgan fingerprint density at radius 2 is 1.88 bits per heavy atom. The molecule has 17 heavy (non-hydrogen) atoms. The fourth-order valence-electron chi connectivity index (χ4n) is 1.17. The van der Waals surface area contributed by atoms with Gasteiger partial charge in [0.2, 0.25) is 0 Å². The van der Waals surface area contributed by atoms with Crippen LogP contribution in [-0.2, 0) is 0 Å². The number of hydrogen-bond donors (Lipinski definition) is 2. The van der Waals surface area contributed by atoms with Crippen molar-refractivity contribution in [2.24, 2.45) is 0 Å². The van der Waals surface area contributed by atoms with Gasteiger partial charge in [0.15, 0.2) is 6.04 Å². The fourth-order valence-corrected chi connectivity index (χ4v) is 1.48. The van der Waals surface area contributed by atoms with E-state index in [1.54, 1.807) is 0 Å². The zero-order chi connectivity index (χ0) is 13.2. The molecular formula is C9H6Cl2F3NO2. The first-order valence-electron chi connectivity index (χ1n) is 4.23. The zero-order valence-corrected chi connectivity index (χ0v) is 9.57. The van der Waals surface area contributed by atoms with Gasteiger partial charge in [0, 0.05) is 0 Å². The Labute approximate surface area is 104 Å². The molecule has 8 heteroatoms. The predicted molar refractivity (Wildman–Crippen MR) is 56.4 cm³/mol. The van der Waals surface area contributed by atoms with Crippen LogP contribution in [0.4, 0.5) is 18.0 Å². The van der Waals surface area contributed by atoms with Crippen LogP contribution in [0.3, 0.4) is 0 Å². The average molecular weight is 288 g/mol. The van der Waals surface area contributed by atoms with Crippen LogP contribution in [0.5, 0.6) is 0 Å². The largest absolute Gasteiger partial charge is 0.465 e. The molecule has 0 heterocycles. The maximum absolute atomic E-state index is 12.6. The van der Waals surface area contributed by atoms with Crippen LogP contribution in [-0.4, -0.2) is 17.4 Å². The van der Waals surface area contributed by atoms with Crippen LogP contribution >= 0.6 is 23.2 Å². The first-order chi connectivity index (χ1) is 7.71. The Balaban J connectivity index is 3.13. The van der Waals surface area contributed by atoms with Crippen LogP contribution in [0.2, 0.25) is 10.0 Å². The van der Waals surface area contributed by atoms with Gasteiger partial charge in [0.05, 0.1) is 10.0 Å². The number of carboxylic acid groups (broad SMARTS) is 1. The fraction of sp³-hybridized carbons (Fsp3) is 0.222. The number of carbonyl (C=O) groups is 1. The summed E-state index contributed by atoms with van der Waals surface area (Å²) in [7, 11) is 0. The van der Waals surface area contributed by atoms with E-state index in [0.29, 0.717) is 0 Å². The van der Waals surface area contributed by atoms with Crippen molar-refractivity contribution in [3.63, 3.8) is 0 Å². The quantitative estimate of drug-likeness (QED) is 0.868. The van der Waals surface area contributed by atoms with Gasteiger partial charge in [-0.15, -0.1) is 0 Å². The van der Waals surface area contributed by atoms with Crippen LogP contribution in [0.25, 0.3) is 0 Å². The van der Waals surface area contributed by atoms with Crippen LogP contribution in [0, 0.1) is 0 Å². The Morgan fingerprint density at radius 1 is 1.29 bits per heavy atom. The van der Waals surface area contributed by atoms with Gasteiger partial charge < -0.3 is 10.4 Å². The van der Waals surface area contributed by atoms with Crippen LogP contribution in [0.15, 0.2) is 18.2 Å². The van der Waals surface area contributed by atoms with Gasteiger partial charge in [0.25, 0.3) is 0 Å². The van der Waals surface area contributed by atoms with E-state index in [-0.39, 0.29) is 15.6 Å². The number of halogens is 5. The van der Waals surface area contributed by atoms with E-state index in [2.05, 4.69) is 0 Å². The molecule has 1 atom stereocenters. The molecule has 0 saturated heterocycles. The summed E-state index contributed by atoms with van der Waals surface area (Å²) in [5.41, 5.74) is -0.325. The summed E-state index contributed by atoms with van der Waals surface area (Å²) in [6.07, 6.45) is -6.53. The van der Waals surface area contributed by atoms with Gasteiger partial charge in [-0.1, -0.05) is 29.3 Å². The van der Waals surface area contributed by atoms with Crippen LogP contribution in [0.1, 0.15) is 11.6 Å². The van der Waals surface area contributed by atoms with Gasteiger partial charge >= 0.3 is 12.3 Å². The molecule has 1 unspecified atom stereocenters. The molecule has 0 radical (unpaired) electrons. The third kappa shape index (κ3) is 3.67. The van der Waals surface area contributed by atoms with Gasteiger partial charge in [-0.25, -0.2) is 4.79 Å². The minimum absolute atomic E-state index is 0.0781. The molecule has 0 fully saturated rings. The monoisotopic (exact) mass is 287 g/mol. The van der Waals surface area contributed by atoms with E-state index in [9.17, 15) is 18.0 Å². The van der Waals surface area contributed by atoms with Gasteiger partial charge in [-0.2, -0.15) is 13.2 Å². The molecule has 3 nitrogen and oxygen atoms in total. The maximum Gasteiger partial charge on any atom is 0.412 e. The molecule has 2 N–H and O–H groups in total. The normalized spacial score (nSPS) is 13.2. The first-order valence-corrected chi connectivity index (χ1v) is 4.98. The van der Waals surface area contributed by atoms with E-state index in [0.717, 1.165) is 12.1 Å². The minimum Gasteiger partial charge on any atom is -0.465 e. The van der Waals surface area contributed by atoms with E-state index in [4.69, 9.17) is 28.3 Å². The lowest BCUT2D eigenvalue weighted by Gasteiger charge is -2.20. The number of alkyl halides is 3. The number of benzene rings is 1. The van der Waals surface area contributed by atoms with Crippen molar-refractivity contribution in [3.8, 4) is 0 Å². The molecule has 0 aromatic heterocycles. The topological polar surface area (TPSA) is 49.3 Å². The average Bonchev–Trinajstić information content (AvgIpc) is 2.17. The van der Waals surface area contributed by atoms with E-state index < -0.39 is 18.3 Å². The maximum atomic E-state index is 12.6. The van der Waals surface area contributed by atoms with Gasteiger partial charge in [-0.3, -0.25) is 0 Å². The third-order valence-electron chi connectivity index (χ3n) is 1.87. The Morgan fingerprint density at radius 3 is 2.29 bits per heavy atom. The summed E-state index contributed by atoms with van der Waals surface area (Å²) in [4.78, 5) is 10.3. The lowest BCUT2D eigenvalue weighted by Crippen LogP contribution is -2.37. The highest BCUT2D eigenvalue weighted by molar-refractivity contribution is 6.42. The van der Waals surface area contributed by atoms with Gasteiger partial charge in [0.1, 0.15) is 0 Å². The number of hydrogen-bond acceptors (Lipinski definition) is 1. The summed E-state index contributed by atoms with van der Waals surface area (Å²) >= 11 is 11.1. The summed E-state index contributed by atoms with van der Waals surface area (Å²) in [5.74, 6) is 0. The van der Waals surface area contributed by atoms with Crippen molar-refractivity contribution in [2.45, 2.75) is 12.2 Å². The molecule has 0 aliphatic carbocycles. The highest BCUT2D eigenvalue weighted by atomic mass is 35.5. The zero-order valence-electron chi connectivity index (χ0n) is 8.05. The molecule has 0 aliphatic rings. The van der Waals surface area contributed by atoms with Crippen molar-refractivity contribution in [1.29, 1.82) is 0 Å².